The maximum atomic E-state index is 12.0. The van der Waals surface area contributed by atoms with Crippen LogP contribution in [0.5, 0.6) is 0 Å². The first-order valence-electron chi connectivity index (χ1n) is 8.27. The smallest absolute Gasteiger partial charge is 0.250 e. The van der Waals surface area contributed by atoms with Crippen molar-refractivity contribution in [2.24, 2.45) is 0 Å². The van der Waals surface area contributed by atoms with Crippen molar-refractivity contribution in [2.45, 2.75) is 26.3 Å². The van der Waals surface area contributed by atoms with Crippen LogP contribution in [0.15, 0.2) is 60.7 Å². The standard InChI is InChI=1S/C20H26N2O/c1-3-5-9-17(4-2)20(23)21-13-8-14-22-15-12-18-10-6-7-11-19(18)16-22/h3-7,9-11H,1,8,12-16H2,2H3,(H,21,23)/b9-5-,17-4+. The number of hydrogen-bond acceptors (Lipinski definition) is 2. The van der Waals surface area contributed by atoms with E-state index < -0.39 is 0 Å². The molecule has 0 saturated heterocycles. The van der Waals surface area contributed by atoms with Gasteiger partial charge in [-0.1, -0.05) is 49.1 Å². The molecule has 1 amide bonds. The fourth-order valence-electron chi connectivity index (χ4n) is 2.83. The third-order valence-electron chi connectivity index (χ3n) is 4.13. The lowest BCUT2D eigenvalue weighted by Gasteiger charge is -2.28. The summed E-state index contributed by atoms with van der Waals surface area (Å²) in [7, 11) is 0. The lowest BCUT2D eigenvalue weighted by molar-refractivity contribution is -0.117. The Morgan fingerprint density at radius 3 is 2.87 bits per heavy atom. The van der Waals surface area contributed by atoms with Gasteiger partial charge in [0.15, 0.2) is 0 Å². The van der Waals surface area contributed by atoms with Crippen LogP contribution in [0.2, 0.25) is 0 Å². The van der Waals surface area contributed by atoms with Crippen LogP contribution < -0.4 is 5.32 Å². The highest BCUT2D eigenvalue weighted by Gasteiger charge is 2.15. The Kier molecular flexibility index (Phi) is 6.82. The molecule has 0 saturated carbocycles. The zero-order valence-corrected chi connectivity index (χ0v) is 13.9. The summed E-state index contributed by atoms with van der Waals surface area (Å²) < 4.78 is 0. The van der Waals surface area contributed by atoms with Gasteiger partial charge >= 0.3 is 0 Å². The van der Waals surface area contributed by atoms with E-state index in [1.165, 1.54) is 11.1 Å². The van der Waals surface area contributed by atoms with Crippen LogP contribution in [0.3, 0.4) is 0 Å². The van der Waals surface area contributed by atoms with Crippen molar-refractivity contribution in [3.63, 3.8) is 0 Å². The molecular weight excluding hydrogens is 284 g/mol. The molecule has 1 N–H and O–H groups in total. The van der Waals surface area contributed by atoms with Crippen LogP contribution in [0.1, 0.15) is 24.5 Å². The van der Waals surface area contributed by atoms with Crippen molar-refractivity contribution in [2.75, 3.05) is 19.6 Å². The fraction of sp³-hybridized carbons (Fsp3) is 0.350. The van der Waals surface area contributed by atoms with E-state index in [9.17, 15) is 4.79 Å². The van der Waals surface area contributed by atoms with Crippen molar-refractivity contribution >= 4 is 5.91 Å². The maximum Gasteiger partial charge on any atom is 0.250 e. The van der Waals surface area contributed by atoms with E-state index in [1.807, 2.05) is 13.0 Å². The van der Waals surface area contributed by atoms with E-state index in [0.29, 0.717) is 12.1 Å². The van der Waals surface area contributed by atoms with Gasteiger partial charge in [0.05, 0.1) is 0 Å². The SMILES string of the molecule is C=C/C=C\C(=C/C)C(=O)NCCCN1CCc2ccccc2C1. The highest BCUT2D eigenvalue weighted by atomic mass is 16.1. The summed E-state index contributed by atoms with van der Waals surface area (Å²) in [6.07, 6.45) is 9.14. The number of carbonyl (C=O) groups is 1. The monoisotopic (exact) mass is 310 g/mol. The minimum absolute atomic E-state index is 0.0189. The quantitative estimate of drug-likeness (QED) is 0.476. The van der Waals surface area contributed by atoms with Crippen molar-refractivity contribution < 1.29 is 4.79 Å². The van der Waals surface area contributed by atoms with Gasteiger partial charge in [-0.25, -0.2) is 0 Å². The van der Waals surface area contributed by atoms with Crippen molar-refractivity contribution in [1.82, 2.24) is 10.2 Å². The van der Waals surface area contributed by atoms with Gasteiger partial charge in [-0.2, -0.15) is 0 Å². The van der Waals surface area contributed by atoms with Gasteiger partial charge in [-0.15, -0.1) is 0 Å². The Bertz CT molecular complexity index is 601. The molecular formula is C20H26N2O. The van der Waals surface area contributed by atoms with Gasteiger partial charge in [0.25, 0.3) is 5.91 Å². The van der Waals surface area contributed by atoms with E-state index >= 15 is 0 Å². The summed E-state index contributed by atoms with van der Waals surface area (Å²) in [5, 5.41) is 2.98. The van der Waals surface area contributed by atoms with Crippen LogP contribution in [-0.4, -0.2) is 30.4 Å². The first kappa shape index (κ1) is 17.2. The van der Waals surface area contributed by atoms with Crippen LogP contribution in [0.4, 0.5) is 0 Å². The molecule has 23 heavy (non-hydrogen) atoms. The van der Waals surface area contributed by atoms with Crippen LogP contribution >= 0.6 is 0 Å². The minimum Gasteiger partial charge on any atom is -0.352 e. The van der Waals surface area contributed by atoms with E-state index in [-0.39, 0.29) is 5.91 Å². The molecule has 1 aromatic carbocycles. The van der Waals surface area contributed by atoms with Crippen LogP contribution in [0, 0.1) is 0 Å². The second-order valence-corrected chi connectivity index (χ2v) is 5.74. The fourth-order valence-corrected chi connectivity index (χ4v) is 2.83. The third kappa shape index (κ3) is 5.22. The number of fused-ring (bicyclic) bond motifs is 1. The molecule has 1 heterocycles. The lowest BCUT2D eigenvalue weighted by Crippen LogP contribution is -2.34. The molecule has 3 nitrogen and oxygen atoms in total. The third-order valence-corrected chi connectivity index (χ3v) is 4.13. The largest absolute Gasteiger partial charge is 0.352 e. The Balaban J connectivity index is 1.71. The normalized spacial score (nSPS) is 15.4. The number of amides is 1. The van der Waals surface area contributed by atoms with E-state index in [1.54, 1.807) is 18.2 Å². The first-order chi connectivity index (χ1) is 11.2. The topological polar surface area (TPSA) is 32.3 Å². The molecule has 0 bridgehead atoms. The maximum absolute atomic E-state index is 12.0. The average Bonchev–Trinajstić information content (AvgIpc) is 2.59. The molecule has 1 aliphatic rings. The zero-order chi connectivity index (χ0) is 16.5. The molecule has 122 valence electrons. The van der Waals surface area contributed by atoms with Crippen molar-refractivity contribution in [1.29, 1.82) is 0 Å². The number of rotatable bonds is 7. The van der Waals surface area contributed by atoms with Gasteiger partial charge in [-0.3, -0.25) is 9.69 Å². The molecule has 0 spiro atoms. The molecule has 1 aromatic rings. The van der Waals surface area contributed by atoms with Crippen LogP contribution in [-0.2, 0) is 17.8 Å². The predicted molar refractivity (Wildman–Crippen MR) is 96.1 cm³/mol. The second kappa shape index (κ2) is 9.11. The molecule has 0 radical (unpaired) electrons. The molecule has 0 fully saturated rings. The Morgan fingerprint density at radius 2 is 2.13 bits per heavy atom. The molecule has 2 rings (SSSR count). The predicted octanol–water partition coefficient (Wildman–Crippen LogP) is 3.24. The first-order valence-corrected chi connectivity index (χ1v) is 8.27. The summed E-state index contributed by atoms with van der Waals surface area (Å²) in [6, 6.07) is 8.66. The lowest BCUT2D eigenvalue weighted by atomic mass is 10.00. The van der Waals surface area contributed by atoms with Gasteiger partial charge in [0.2, 0.25) is 0 Å². The van der Waals surface area contributed by atoms with Gasteiger partial charge < -0.3 is 5.32 Å². The highest BCUT2D eigenvalue weighted by molar-refractivity contribution is 5.96. The summed E-state index contributed by atoms with van der Waals surface area (Å²) in [5.74, 6) is -0.0189. The molecule has 1 aliphatic heterocycles. The highest BCUT2D eigenvalue weighted by Crippen LogP contribution is 2.18. The number of nitrogens with zero attached hydrogens (tertiary/aromatic N) is 1. The van der Waals surface area contributed by atoms with E-state index in [4.69, 9.17) is 0 Å². The molecule has 0 aliphatic carbocycles. The summed E-state index contributed by atoms with van der Waals surface area (Å²) in [4.78, 5) is 14.5. The number of hydrogen-bond donors (Lipinski definition) is 1. The Morgan fingerprint density at radius 1 is 1.35 bits per heavy atom. The molecule has 0 aromatic heterocycles. The minimum atomic E-state index is -0.0189. The molecule has 0 atom stereocenters. The van der Waals surface area contributed by atoms with Crippen molar-refractivity contribution in [3.8, 4) is 0 Å². The number of carbonyl (C=O) groups excluding carboxylic acids is 1. The average molecular weight is 310 g/mol. The summed E-state index contributed by atoms with van der Waals surface area (Å²) in [6.45, 7) is 9.33. The van der Waals surface area contributed by atoms with Gasteiger partial charge in [-0.05, 0) is 37.0 Å². The summed E-state index contributed by atoms with van der Waals surface area (Å²) in [5.41, 5.74) is 3.59. The van der Waals surface area contributed by atoms with Gasteiger partial charge in [0.1, 0.15) is 0 Å². The van der Waals surface area contributed by atoms with E-state index in [0.717, 1.165) is 32.5 Å². The molecule has 3 heteroatoms. The Labute approximate surface area is 139 Å². The summed E-state index contributed by atoms with van der Waals surface area (Å²) >= 11 is 0. The molecule has 0 unspecified atom stereocenters. The zero-order valence-electron chi connectivity index (χ0n) is 13.9. The van der Waals surface area contributed by atoms with Crippen LogP contribution in [0.25, 0.3) is 0 Å². The number of allylic oxidation sites excluding steroid dienone is 3. The second-order valence-electron chi connectivity index (χ2n) is 5.74. The van der Waals surface area contributed by atoms with Crippen molar-refractivity contribution in [3.05, 3.63) is 71.8 Å². The number of benzene rings is 1. The number of nitrogens with one attached hydrogen (secondary N) is 1. The van der Waals surface area contributed by atoms with Gasteiger partial charge in [0, 0.05) is 31.8 Å². The Hall–Kier alpha value is -2.13. The van der Waals surface area contributed by atoms with E-state index in [2.05, 4.69) is 41.1 Å².